The Balaban J connectivity index is 0.00000180. The molecule has 0 bridgehead atoms. The Bertz CT molecular complexity index is 566. The highest BCUT2D eigenvalue weighted by atomic mass is 35.5. The van der Waals surface area contributed by atoms with Gasteiger partial charge in [-0.25, -0.2) is 4.98 Å². The number of aliphatic imine (C=N–C) groups is 1. The summed E-state index contributed by atoms with van der Waals surface area (Å²) in [5, 5.41) is 0. The standard InChI is InChI=1S/C12H17N5O.2ClH/c1-18-8-4-5-9-10(7-8)17-11(16-9)3-2-6-15-12(13)14;;/h4-5,7H,2-3,6H2,1H3,(H,16,17)(H4,13,14,15);2*1H. The topological polar surface area (TPSA) is 102 Å². The number of hydrogen-bond acceptors (Lipinski definition) is 3. The normalized spacial score (nSPS) is 9.45. The number of fused-ring (bicyclic) bond motifs is 1. The van der Waals surface area contributed by atoms with Gasteiger partial charge in [-0.05, 0) is 18.6 Å². The number of methoxy groups -OCH3 is 1. The number of nitrogens with two attached hydrogens (primary N) is 2. The van der Waals surface area contributed by atoms with Crippen molar-refractivity contribution in [3.05, 3.63) is 24.0 Å². The predicted molar refractivity (Wildman–Crippen MR) is 86.1 cm³/mol. The van der Waals surface area contributed by atoms with Crippen molar-refractivity contribution >= 4 is 41.8 Å². The summed E-state index contributed by atoms with van der Waals surface area (Å²) in [5.74, 6) is 1.88. The molecule has 2 aromatic rings. The van der Waals surface area contributed by atoms with Crippen LogP contribution in [0.3, 0.4) is 0 Å². The maximum atomic E-state index is 5.26. The fourth-order valence-electron chi connectivity index (χ4n) is 1.74. The van der Waals surface area contributed by atoms with Crippen molar-refractivity contribution < 1.29 is 4.74 Å². The Morgan fingerprint density at radius 3 is 2.75 bits per heavy atom. The molecule has 0 radical (unpaired) electrons. The number of imidazole rings is 1. The number of nitrogens with zero attached hydrogens (tertiary/aromatic N) is 2. The first-order chi connectivity index (χ1) is 8.69. The molecule has 5 N–H and O–H groups in total. The third-order valence-electron chi connectivity index (χ3n) is 2.60. The van der Waals surface area contributed by atoms with E-state index >= 15 is 0 Å². The second-order valence-corrected chi connectivity index (χ2v) is 3.98. The van der Waals surface area contributed by atoms with Gasteiger partial charge < -0.3 is 21.2 Å². The number of nitrogens with one attached hydrogen (secondary N) is 1. The van der Waals surface area contributed by atoms with Gasteiger partial charge in [0.15, 0.2) is 5.96 Å². The lowest BCUT2D eigenvalue weighted by Gasteiger charge is -1.96. The maximum Gasteiger partial charge on any atom is 0.185 e. The molecule has 0 saturated carbocycles. The molecule has 0 spiro atoms. The minimum atomic E-state index is 0. The van der Waals surface area contributed by atoms with Crippen molar-refractivity contribution in [1.82, 2.24) is 9.97 Å². The van der Waals surface area contributed by atoms with E-state index in [9.17, 15) is 0 Å². The lowest BCUT2D eigenvalue weighted by atomic mass is 10.3. The van der Waals surface area contributed by atoms with Crippen molar-refractivity contribution in [3.8, 4) is 5.75 Å². The molecule has 0 saturated heterocycles. The van der Waals surface area contributed by atoms with Crippen LogP contribution in [0.2, 0.25) is 0 Å². The molecule has 0 aliphatic heterocycles. The summed E-state index contributed by atoms with van der Waals surface area (Å²) in [4.78, 5) is 11.7. The van der Waals surface area contributed by atoms with Crippen LogP contribution >= 0.6 is 24.8 Å². The van der Waals surface area contributed by atoms with E-state index in [0.29, 0.717) is 6.54 Å². The van der Waals surface area contributed by atoms with Gasteiger partial charge in [0.05, 0.1) is 18.1 Å². The third kappa shape index (κ3) is 4.79. The smallest absolute Gasteiger partial charge is 0.185 e. The van der Waals surface area contributed by atoms with Gasteiger partial charge in [0.2, 0.25) is 0 Å². The summed E-state index contributed by atoms with van der Waals surface area (Å²) in [6.07, 6.45) is 1.67. The second kappa shape index (κ2) is 8.50. The van der Waals surface area contributed by atoms with Crippen molar-refractivity contribution in [2.75, 3.05) is 13.7 Å². The zero-order chi connectivity index (χ0) is 13.0. The van der Waals surface area contributed by atoms with E-state index < -0.39 is 0 Å². The molecular formula is C12H19Cl2N5O. The Morgan fingerprint density at radius 2 is 2.10 bits per heavy atom. The Morgan fingerprint density at radius 1 is 1.35 bits per heavy atom. The second-order valence-electron chi connectivity index (χ2n) is 3.98. The van der Waals surface area contributed by atoms with E-state index in [4.69, 9.17) is 16.2 Å². The minimum Gasteiger partial charge on any atom is -0.497 e. The van der Waals surface area contributed by atoms with Crippen molar-refractivity contribution in [2.24, 2.45) is 16.5 Å². The zero-order valence-corrected chi connectivity index (χ0v) is 12.8. The van der Waals surface area contributed by atoms with Crippen molar-refractivity contribution in [3.63, 3.8) is 0 Å². The number of H-pyrrole nitrogens is 1. The van der Waals surface area contributed by atoms with E-state index in [1.165, 1.54) is 0 Å². The van der Waals surface area contributed by atoms with Gasteiger partial charge in [0.1, 0.15) is 11.6 Å². The highest BCUT2D eigenvalue weighted by molar-refractivity contribution is 5.85. The van der Waals surface area contributed by atoms with E-state index in [1.54, 1.807) is 7.11 Å². The number of aryl methyl sites for hydroxylation is 1. The maximum absolute atomic E-state index is 5.26. The van der Waals surface area contributed by atoms with Crippen LogP contribution in [0.15, 0.2) is 23.2 Å². The number of aromatic nitrogens is 2. The van der Waals surface area contributed by atoms with Crippen LogP contribution in [-0.4, -0.2) is 29.6 Å². The summed E-state index contributed by atoms with van der Waals surface area (Å²) < 4.78 is 5.16. The van der Waals surface area contributed by atoms with Crippen LogP contribution in [0.25, 0.3) is 11.0 Å². The molecule has 1 aromatic carbocycles. The fourth-order valence-corrected chi connectivity index (χ4v) is 1.74. The number of halogens is 2. The number of aromatic amines is 1. The molecule has 1 aromatic heterocycles. The summed E-state index contributed by atoms with van der Waals surface area (Å²) in [6.45, 7) is 0.614. The minimum absolute atomic E-state index is 0. The van der Waals surface area contributed by atoms with Crippen LogP contribution in [-0.2, 0) is 6.42 Å². The van der Waals surface area contributed by atoms with Gasteiger partial charge in [0, 0.05) is 19.0 Å². The molecule has 0 unspecified atom stereocenters. The van der Waals surface area contributed by atoms with Crippen LogP contribution in [0.5, 0.6) is 5.75 Å². The number of hydrogen-bond donors (Lipinski definition) is 3. The van der Waals surface area contributed by atoms with Crippen molar-refractivity contribution in [1.29, 1.82) is 0 Å². The molecule has 6 nitrogen and oxygen atoms in total. The summed E-state index contributed by atoms with van der Waals surface area (Å²) >= 11 is 0. The van der Waals surface area contributed by atoms with Crippen LogP contribution in [0.1, 0.15) is 12.2 Å². The van der Waals surface area contributed by atoms with E-state index in [1.807, 2.05) is 18.2 Å². The third-order valence-corrected chi connectivity index (χ3v) is 2.60. The average molecular weight is 320 g/mol. The monoisotopic (exact) mass is 319 g/mol. The Hall–Kier alpha value is -1.66. The predicted octanol–water partition coefficient (Wildman–Crippen LogP) is 1.62. The van der Waals surface area contributed by atoms with E-state index in [0.717, 1.165) is 35.4 Å². The highest BCUT2D eigenvalue weighted by Gasteiger charge is 2.03. The molecule has 112 valence electrons. The summed E-state index contributed by atoms with van der Waals surface area (Å²) in [6, 6.07) is 5.76. The number of guanidine groups is 1. The molecule has 0 aliphatic rings. The lowest BCUT2D eigenvalue weighted by molar-refractivity contribution is 0.415. The highest BCUT2D eigenvalue weighted by Crippen LogP contribution is 2.18. The molecule has 2 rings (SSSR count). The molecule has 0 fully saturated rings. The molecule has 0 atom stereocenters. The molecule has 1 heterocycles. The molecule has 8 heteroatoms. The Labute approximate surface area is 129 Å². The molecule has 0 aliphatic carbocycles. The number of rotatable bonds is 5. The van der Waals surface area contributed by atoms with Crippen molar-refractivity contribution in [2.45, 2.75) is 12.8 Å². The largest absolute Gasteiger partial charge is 0.497 e. The number of ether oxygens (including phenoxy) is 1. The Kier molecular flexibility index (Phi) is 7.79. The zero-order valence-electron chi connectivity index (χ0n) is 11.1. The van der Waals surface area contributed by atoms with E-state index in [2.05, 4.69) is 15.0 Å². The van der Waals surface area contributed by atoms with Crippen LogP contribution < -0.4 is 16.2 Å². The van der Waals surface area contributed by atoms with Crippen LogP contribution in [0, 0.1) is 0 Å². The van der Waals surface area contributed by atoms with Crippen LogP contribution in [0.4, 0.5) is 0 Å². The summed E-state index contributed by atoms with van der Waals surface area (Å²) in [7, 11) is 1.65. The van der Waals surface area contributed by atoms with E-state index in [-0.39, 0.29) is 30.8 Å². The van der Waals surface area contributed by atoms with Gasteiger partial charge in [-0.2, -0.15) is 0 Å². The summed E-state index contributed by atoms with van der Waals surface area (Å²) in [5.41, 5.74) is 12.4. The molecule has 20 heavy (non-hydrogen) atoms. The molecular weight excluding hydrogens is 301 g/mol. The van der Waals surface area contributed by atoms with Gasteiger partial charge in [0.25, 0.3) is 0 Å². The SMILES string of the molecule is COc1ccc2nc(CCCN=C(N)N)[nH]c2c1.Cl.Cl. The van der Waals surface area contributed by atoms with Gasteiger partial charge in [-0.3, -0.25) is 4.99 Å². The fraction of sp³-hybridized carbons (Fsp3) is 0.333. The average Bonchev–Trinajstić information content (AvgIpc) is 2.75. The lowest BCUT2D eigenvalue weighted by Crippen LogP contribution is -2.23. The van der Waals surface area contributed by atoms with Gasteiger partial charge >= 0.3 is 0 Å². The first kappa shape index (κ1) is 18.3. The number of benzene rings is 1. The molecule has 0 amide bonds. The first-order valence-corrected chi connectivity index (χ1v) is 5.77. The van der Waals surface area contributed by atoms with Gasteiger partial charge in [-0.1, -0.05) is 0 Å². The first-order valence-electron chi connectivity index (χ1n) is 5.77. The quantitative estimate of drug-likeness (QED) is 0.442. The van der Waals surface area contributed by atoms with Gasteiger partial charge in [-0.15, -0.1) is 24.8 Å².